The van der Waals surface area contributed by atoms with Crippen LogP contribution in [0.25, 0.3) is 0 Å². The molecule has 2 amide bonds. The summed E-state index contributed by atoms with van der Waals surface area (Å²) in [6.07, 6.45) is -4.45. The van der Waals surface area contributed by atoms with Crippen LogP contribution in [0.15, 0.2) is 47.4 Å². The highest BCUT2D eigenvalue weighted by Gasteiger charge is 2.42. The van der Waals surface area contributed by atoms with E-state index in [0.29, 0.717) is 5.56 Å². The van der Waals surface area contributed by atoms with Crippen molar-refractivity contribution in [2.45, 2.75) is 37.5 Å². The summed E-state index contributed by atoms with van der Waals surface area (Å²) in [4.78, 5) is 24.4. The third-order valence-electron chi connectivity index (χ3n) is 4.41. The van der Waals surface area contributed by atoms with Gasteiger partial charge in [0.1, 0.15) is 4.90 Å². The van der Waals surface area contributed by atoms with Crippen molar-refractivity contribution in [1.29, 1.82) is 0 Å². The molecule has 154 valence electrons. The fraction of sp³-hybridized carbons (Fsp3) is 0.263. The topological polar surface area (TPSA) is 83.6 Å². The van der Waals surface area contributed by atoms with Crippen molar-refractivity contribution >= 4 is 21.8 Å². The minimum absolute atomic E-state index is 0.00186. The van der Waals surface area contributed by atoms with E-state index in [1.54, 1.807) is 13.8 Å². The monoisotopic (exact) mass is 426 g/mol. The number of sulfonamides is 1. The predicted octanol–water partition coefficient (Wildman–Crippen LogP) is 3.19. The van der Waals surface area contributed by atoms with Gasteiger partial charge in [-0.15, -0.1) is 0 Å². The largest absolute Gasteiger partial charge is 0.416 e. The van der Waals surface area contributed by atoms with Gasteiger partial charge >= 0.3 is 6.18 Å². The lowest BCUT2D eigenvalue weighted by molar-refractivity contribution is -0.137. The number of amides is 2. The summed E-state index contributed by atoms with van der Waals surface area (Å²) in [6, 6.07) is 7.49. The molecule has 0 aromatic heterocycles. The second kappa shape index (κ2) is 7.18. The maximum Gasteiger partial charge on any atom is 0.416 e. The average Bonchev–Trinajstić information content (AvgIpc) is 2.84. The number of halogens is 3. The smallest absolute Gasteiger partial charge is 0.348 e. The van der Waals surface area contributed by atoms with Crippen LogP contribution in [0.5, 0.6) is 0 Å². The minimum Gasteiger partial charge on any atom is -0.348 e. The number of alkyl halides is 3. The minimum atomic E-state index is -4.45. The second-order valence-corrected chi connectivity index (χ2v) is 8.57. The molecule has 2 aromatic rings. The quantitative estimate of drug-likeness (QED) is 0.814. The third kappa shape index (κ3) is 3.84. The molecular weight excluding hydrogens is 409 g/mol. The van der Waals surface area contributed by atoms with E-state index in [4.69, 9.17) is 0 Å². The molecule has 0 radical (unpaired) electrons. The maximum atomic E-state index is 12.6. The average molecular weight is 426 g/mol. The molecular formula is C19H17F3N2O4S. The first kappa shape index (κ1) is 20.8. The fourth-order valence-corrected chi connectivity index (χ4v) is 4.79. The first-order chi connectivity index (χ1) is 13.4. The van der Waals surface area contributed by atoms with E-state index in [2.05, 4.69) is 5.32 Å². The van der Waals surface area contributed by atoms with Gasteiger partial charge in [0, 0.05) is 18.2 Å². The molecule has 0 unspecified atom stereocenters. The Hall–Kier alpha value is -2.88. The molecule has 6 nitrogen and oxygen atoms in total. The lowest BCUT2D eigenvalue weighted by atomic mass is 10.1. The Balaban J connectivity index is 1.77. The van der Waals surface area contributed by atoms with Crippen LogP contribution in [0.2, 0.25) is 0 Å². The molecule has 29 heavy (non-hydrogen) atoms. The van der Waals surface area contributed by atoms with Crippen LogP contribution in [0.4, 0.5) is 13.2 Å². The second-order valence-electron chi connectivity index (χ2n) is 6.79. The number of rotatable bonds is 4. The fourth-order valence-electron chi connectivity index (χ4n) is 3.00. The van der Waals surface area contributed by atoms with Gasteiger partial charge in [-0.2, -0.15) is 13.2 Å². The number of hydrogen-bond donors (Lipinski definition) is 1. The van der Waals surface area contributed by atoms with Crippen molar-refractivity contribution in [2.75, 3.05) is 0 Å². The van der Waals surface area contributed by atoms with E-state index in [-0.39, 0.29) is 22.6 Å². The van der Waals surface area contributed by atoms with Crippen LogP contribution < -0.4 is 5.32 Å². The molecule has 1 N–H and O–H groups in total. The number of hydrogen-bond acceptors (Lipinski definition) is 4. The van der Waals surface area contributed by atoms with Gasteiger partial charge < -0.3 is 5.32 Å². The summed E-state index contributed by atoms with van der Waals surface area (Å²) >= 11 is 0. The molecule has 0 saturated carbocycles. The first-order valence-electron chi connectivity index (χ1n) is 8.60. The molecule has 0 saturated heterocycles. The molecule has 1 heterocycles. The van der Waals surface area contributed by atoms with Crippen molar-refractivity contribution in [3.05, 3.63) is 64.7 Å². The van der Waals surface area contributed by atoms with Crippen molar-refractivity contribution in [3.63, 3.8) is 0 Å². The molecule has 2 aromatic carbocycles. The van der Waals surface area contributed by atoms with E-state index in [1.165, 1.54) is 24.3 Å². The van der Waals surface area contributed by atoms with Crippen LogP contribution in [-0.2, 0) is 22.7 Å². The summed E-state index contributed by atoms with van der Waals surface area (Å²) in [5.41, 5.74) is -0.326. The summed E-state index contributed by atoms with van der Waals surface area (Å²) in [7, 11) is -4.04. The van der Waals surface area contributed by atoms with E-state index in [1.807, 2.05) is 0 Å². The molecule has 3 rings (SSSR count). The molecule has 0 fully saturated rings. The number of nitrogens with zero attached hydrogens (tertiary/aromatic N) is 1. The lowest BCUT2D eigenvalue weighted by Crippen LogP contribution is -2.36. The van der Waals surface area contributed by atoms with Crippen LogP contribution in [0.1, 0.15) is 45.7 Å². The Morgan fingerprint density at radius 3 is 2.28 bits per heavy atom. The Kier molecular flexibility index (Phi) is 5.16. The standard InChI is InChI=1S/C19H17F3N2O4S/c1-11(2)24-18(26)15-8-5-13(9-16(15)29(24,27)28)17(25)23-10-12-3-6-14(7-4-12)19(20,21)22/h3-9,11H,10H2,1-2H3,(H,23,25). The molecule has 0 spiro atoms. The normalized spacial score (nSPS) is 15.5. The zero-order valence-electron chi connectivity index (χ0n) is 15.4. The van der Waals surface area contributed by atoms with Crippen molar-refractivity contribution in [2.24, 2.45) is 0 Å². The van der Waals surface area contributed by atoms with E-state index < -0.39 is 39.6 Å². The SMILES string of the molecule is CC(C)N1C(=O)c2ccc(C(=O)NCc3ccc(C(F)(F)F)cc3)cc2S1(=O)=O. The zero-order chi connectivity index (χ0) is 21.6. The van der Waals surface area contributed by atoms with Crippen LogP contribution in [0.3, 0.4) is 0 Å². The Morgan fingerprint density at radius 2 is 1.72 bits per heavy atom. The lowest BCUT2D eigenvalue weighted by Gasteiger charge is -2.18. The maximum absolute atomic E-state index is 12.6. The van der Waals surface area contributed by atoms with Gasteiger partial charge in [0.25, 0.3) is 21.8 Å². The number of nitrogens with one attached hydrogen (secondary N) is 1. The van der Waals surface area contributed by atoms with E-state index >= 15 is 0 Å². The summed E-state index contributed by atoms with van der Waals surface area (Å²) in [5.74, 6) is -1.26. The van der Waals surface area contributed by atoms with Gasteiger partial charge in [-0.1, -0.05) is 12.1 Å². The molecule has 1 aliphatic heterocycles. The first-order valence-corrected chi connectivity index (χ1v) is 10.0. The number of benzene rings is 2. The predicted molar refractivity (Wildman–Crippen MR) is 97.5 cm³/mol. The van der Waals surface area contributed by atoms with Gasteiger partial charge in [-0.05, 0) is 49.7 Å². The Labute approximate surface area is 165 Å². The van der Waals surface area contributed by atoms with Crippen molar-refractivity contribution in [1.82, 2.24) is 9.62 Å². The molecule has 0 atom stereocenters. The third-order valence-corrected chi connectivity index (χ3v) is 6.41. The molecule has 1 aliphatic rings. The highest BCUT2D eigenvalue weighted by molar-refractivity contribution is 7.90. The van der Waals surface area contributed by atoms with Crippen LogP contribution >= 0.6 is 0 Å². The highest BCUT2D eigenvalue weighted by atomic mass is 32.2. The Bertz CT molecular complexity index is 1080. The summed E-state index contributed by atoms with van der Waals surface area (Å²) in [5, 5.41) is 2.52. The van der Waals surface area contributed by atoms with E-state index in [9.17, 15) is 31.2 Å². The van der Waals surface area contributed by atoms with Gasteiger partial charge in [0.05, 0.1) is 11.1 Å². The van der Waals surface area contributed by atoms with Crippen LogP contribution in [-0.4, -0.2) is 30.6 Å². The van der Waals surface area contributed by atoms with Crippen molar-refractivity contribution in [3.8, 4) is 0 Å². The number of carbonyl (C=O) groups is 2. The molecule has 0 bridgehead atoms. The van der Waals surface area contributed by atoms with E-state index in [0.717, 1.165) is 22.5 Å². The number of carbonyl (C=O) groups excluding carboxylic acids is 2. The molecule has 10 heteroatoms. The van der Waals surface area contributed by atoms with Gasteiger partial charge in [-0.25, -0.2) is 12.7 Å². The summed E-state index contributed by atoms with van der Waals surface area (Å²) < 4.78 is 63.7. The van der Waals surface area contributed by atoms with Crippen molar-refractivity contribution < 1.29 is 31.2 Å². The van der Waals surface area contributed by atoms with Gasteiger partial charge in [0.2, 0.25) is 0 Å². The molecule has 0 aliphatic carbocycles. The summed E-state index contributed by atoms with van der Waals surface area (Å²) in [6.45, 7) is 3.09. The van der Waals surface area contributed by atoms with Crippen LogP contribution in [0, 0.1) is 0 Å². The Morgan fingerprint density at radius 1 is 1.10 bits per heavy atom. The highest BCUT2D eigenvalue weighted by Crippen LogP contribution is 2.32. The van der Waals surface area contributed by atoms with Gasteiger partial charge in [0.15, 0.2) is 0 Å². The number of fused-ring (bicyclic) bond motifs is 1. The van der Waals surface area contributed by atoms with Gasteiger partial charge in [-0.3, -0.25) is 9.59 Å². The zero-order valence-corrected chi connectivity index (χ0v) is 16.3.